The van der Waals surface area contributed by atoms with E-state index in [4.69, 9.17) is 4.74 Å². The van der Waals surface area contributed by atoms with Crippen molar-refractivity contribution in [2.24, 2.45) is 0 Å². The number of aliphatic hydroxyl groups excluding tert-OH is 4. The summed E-state index contributed by atoms with van der Waals surface area (Å²) in [7, 11) is 0. The summed E-state index contributed by atoms with van der Waals surface area (Å²) in [4.78, 5) is 15.9. The molecule has 13 heteroatoms. The van der Waals surface area contributed by atoms with Crippen LogP contribution in [-0.4, -0.2) is 92.9 Å². The summed E-state index contributed by atoms with van der Waals surface area (Å²) in [5, 5.41) is 47.3. The van der Waals surface area contributed by atoms with Gasteiger partial charge in [-0.2, -0.15) is 14.6 Å². The number of hydrogen-bond acceptors (Lipinski definition) is 11. The highest BCUT2D eigenvalue weighted by Crippen LogP contribution is 2.33. The zero-order chi connectivity index (χ0) is 21.5. The number of piperidine rings is 1. The van der Waals surface area contributed by atoms with Gasteiger partial charge in [0.25, 0.3) is 5.95 Å². The van der Waals surface area contributed by atoms with Gasteiger partial charge in [-0.1, -0.05) is 5.21 Å². The maximum atomic E-state index is 10.5. The minimum absolute atomic E-state index is 0.230. The average Bonchev–Trinajstić information content (AvgIpc) is 3.52. The maximum Gasteiger partial charge on any atom is 0.256 e. The van der Waals surface area contributed by atoms with Crippen LogP contribution in [0.4, 0.5) is 5.82 Å². The van der Waals surface area contributed by atoms with Crippen LogP contribution in [-0.2, 0) is 11.3 Å². The van der Waals surface area contributed by atoms with Crippen molar-refractivity contribution in [3.63, 3.8) is 0 Å². The molecule has 13 nitrogen and oxygen atoms in total. The first kappa shape index (κ1) is 20.2. The fourth-order valence-corrected chi connectivity index (χ4v) is 4.08. The number of ether oxygens (including phenoxy) is 1. The van der Waals surface area contributed by atoms with Crippen molar-refractivity contribution in [2.45, 2.75) is 50.4 Å². The fourth-order valence-electron chi connectivity index (χ4n) is 4.08. The zero-order valence-electron chi connectivity index (χ0n) is 16.7. The van der Waals surface area contributed by atoms with Crippen LogP contribution in [0.2, 0.25) is 0 Å². The van der Waals surface area contributed by atoms with Crippen molar-refractivity contribution in [3.05, 3.63) is 18.2 Å². The van der Waals surface area contributed by atoms with E-state index >= 15 is 0 Å². The molecule has 2 saturated heterocycles. The molecule has 2 aliphatic heterocycles. The lowest BCUT2D eigenvalue weighted by molar-refractivity contribution is -0.0511. The Bertz CT molecular complexity index is 1060. The Morgan fingerprint density at radius 2 is 1.87 bits per heavy atom. The SMILES string of the molecule is OCc1cn(-c2nc(N3CCCCC3)c3ncn([C@@H]4O[C@H](CO)[C@@H](O)[C@H]4O)c3n2)nn1. The Kier molecular flexibility index (Phi) is 5.27. The summed E-state index contributed by atoms with van der Waals surface area (Å²) < 4.78 is 8.57. The van der Waals surface area contributed by atoms with Gasteiger partial charge in [0.15, 0.2) is 23.2 Å². The predicted molar refractivity (Wildman–Crippen MR) is 105 cm³/mol. The number of aromatic nitrogens is 7. The van der Waals surface area contributed by atoms with E-state index in [9.17, 15) is 20.4 Å². The van der Waals surface area contributed by atoms with Crippen molar-refractivity contribution in [1.82, 2.24) is 34.5 Å². The molecular weight excluding hydrogens is 408 g/mol. The molecule has 5 heterocycles. The van der Waals surface area contributed by atoms with Gasteiger partial charge in [-0.3, -0.25) is 4.57 Å². The molecule has 5 rings (SSSR count). The lowest BCUT2D eigenvalue weighted by atomic mass is 10.1. The number of fused-ring (bicyclic) bond motifs is 1. The van der Waals surface area contributed by atoms with Crippen LogP contribution in [0.5, 0.6) is 0 Å². The highest BCUT2D eigenvalue weighted by atomic mass is 16.6. The predicted octanol–water partition coefficient (Wildman–Crippen LogP) is -1.50. The third-order valence-electron chi connectivity index (χ3n) is 5.75. The summed E-state index contributed by atoms with van der Waals surface area (Å²) in [6.45, 7) is 0.961. The number of anilines is 1. The molecule has 0 radical (unpaired) electrons. The van der Waals surface area contributed by atoms with Crippen LogP contribution in [0.15, 0.2) is 12.5 Å². The first-order valence-electron chi connectivity index (χ1n) is 10.2. The molecule has 3 aromatic rings. The van der Waals surface area contributed by atoms with Gasteiger partial charge < -0.3 is 30.1 Å². The highest BCUT2D eigenvalue weighted by Gasteiger charge is 2.44. The maximum absolute atomic E-state index is 10.5. The van der Waals surface area contributed by atoms with E-state index in [1.807, 2.05) is 0 Å². The lowest BCUT2D eigenvalue weighted by Crippen LogP contribution is -2.33. The van der Waals surface area contributed by atoms with Crippen molar-refractivity contribution < 1.29 is 25.2 Å². The van der Waals surface area contributed by atoms with Crippen LogP contribution in [0.25, 0.3) is 17.1 Å². The van der Waals surface area contributed by atoms with Crippen LogP contribution >= 0.6 is 0 Å². The number of aliphatic hydroxyl groups is 4. The molecule has 31 heavy (non-hydrogen) atoms. The standard InChI is InChI=1S/C18H24N8O5/c27-7-10-6-26(23-22-10)18-20-15(24-4-2-1-3-5-24)12-16(21-18)25(9-19-12)17-14(30)13(29)11(8-28)31-17/h6,9,11,13-14,17,27-30H,1-5,7-8H2/t11-,13-,14-,17-/m1/s1. The Balaban J connectivity index is 1.64. The van der Waals surface area contributed by atoms with Gasteiger partial charge in [-0.25, -0.2) is 4.98 Å². The average molecular weight is 432 g/mol. The molecule has 3 aromatic heterocycles. The van der Waals surface area contributed by atoms with Gasteiger partial charge in [0.2, 0.25) is 0 Å². The Hall–Kier alpha value is -2.71. The molecule has 2 aliphatic rings. The van der Waals surface area contributed by atoms with Crippen molar-refractivity contribution in [1.29, 1.82) is 0 Å². The highest BCUT2D eigenvalue weighted by molar-refractivity contribution is 5.84. The lowest BCUT2D eigenvalue weighted by Gasteiger charge is -2.28. The van der Waals surface area contributed by atoms with Crippen LogP contribution in [0.1, 0.15) is 31.2 Å². The minimum atomic E-state index is -1.27. The molecular formula is C18H24N8O5. The molecule has 4 atom stereocenters. The van der Waals surface area contributed by atoms with Gasteiger partial charge in [0.1, 0.15) is 24.0 Å². The topological polar surface area (TPSA) is 168 Å². The van der Waals surface area contributed by atoms with Gasteiger partial charge in [-0.15, -0.1) is 5.10 Å². The summed E-state index contributed by atoms with van der Waals surface area (Å²) in [5.41, 5.74) is 1.30. The van der Waals surface area contributed by atoms with Gasteiger partial charge >= 0.3 is 0 Å². The molecule has 0 unspecified atom stereocenters. The quantitative estimate of drug-likeness (QED) is 0.370. The zero-order valence-corrected chi connectivity index (χ0v) is 16.7. The smallest absolute Gasteiger partial charge is 0.256 e. The fraction of sp³-hybridized carbons (Fsp3) is 0.611. The monoisotopic (exact) mass is 432 g/mol. The second kappa shape index (κ2) is 8.09. The largest absolute Gasteiger partial charge is 0.394 e. The van der Waals surface area contributed by atoms with Crippen molar-refractivity contribution in [2.75, 3.05) is 24.6 Å². The molecule has 2 fully saturated rings. The Labute approximate surface area is 176 Å². The van der Waals surface area contributed by atoms with E-state index in [-0.39, 0.29) is 12.6 Å². The van der Waals surface area contributed by atoms with E-state index in [0.29, 0.717) is 22.7 Å². The van der Waals surface area contributed by atoms with Gasteiger partial charge in [-0.05, 0) is 19.3 Å². The van der Waals surface area contributed by atoms with E-state index in [1.54, 1.807) is 0 Å². The Morgan fingerprint density at radius 3 is 2.55 bits per heavy atom. The number of hydrogen-bond donors (Lipinski definition) is 4. The second-order valence-electron chi connectivity index (χ2n) is 7.76. The molecule has 166 valence electrons. The van der Waals surface area contributed by atoms with Crippen LogP contribution in [0, 0.1) is 0 Å². The van der Waals surface area contributed by atoms with Gasteiger partial charge in [0.05, 0.1) is 25.7 Å². The second-order valence-corrected chi connectivity index (χ2v) is 7.76. The first-order chi connectivity index (χ1) is 15.1. The molecule has 0 amide bonds. The summed E-state index contributed by atoms with van der Waals surface area (Å²) in [5.74, 6) is 0.861. The molecule has 4 N–H and O–H groups in total. The number of nitrogens with zero attached hydrogens (tertiary/aromatic N) is 8. The van der Waals surface area contributed by atoms with Gasteiger partial charge in [0, 0.05) is 13.1 Å². The van der Waals surface area contributed by atoms with E-state index in [1.165, 1.54) is 21.8 Å². The molecule has 0 bridgehead atoms. The first-order valence-corrected chi connectivity index (χ1v) is 10.2. The molecule has 0 aromatic carbocycles. The summed E-state index contributed by atoms with van der Waals surface area (Å²) >= 11 is 0. The third-order valence-corrected chi connectivity index (χ3v) is 5.75. The minimum Gasteiger partial charge on any atom is -0.394 e. The van der Waals surface area contributed by atoms with E-state index in [0.717, 1.165) is 32.4 Å². The Morgan fingerprint density at radius 1 is 1.06 bits per heavy atom. The molecule has 0 saturated carbocycles. The number of imidazole rings is 1. The third kappa shape index (κ3) is 3.43. The van der Waals surface area contributed by atoms with E-state index in [2.05, 4.69) is 30.2 Å². The summed E-state index contributed by atoms with van der Waals surface area (Å²) in [6.07, 6.45) is 1.85. The normalized spacial score (nSPS) is 26.8. The van der Waals surface area contributed by atoms with Crippen LogP contribution in [0.3, 0.4) is 0 Å². The summed E-state index contributed by atoms with van der Waals surface area (Å²) in [6, 6.07) is 0. The molecule has 0 spiro atoms. The van der Waals surface area contributed by atoms with Crippen molar-refractivity contribution >= 4 is 17.0 Å². The number of rotatable bonds is 5. The van der Waals surface area contributed by atoms with E-state index < -0.39 is 31.1 Å². The van der Waals surface area contributed by atoms with Crippen molar-refractivity contribution in [3.8, 4) is 5.95 Å². The molecule has 0 aliphatic carbocycles. The van der Waals surface area contributed by atoms with Crippen LogP contribution < -0.4 is 4.90 Å².